The summed E-state index contributed by atoms with van der Waals surface area (Å²) in [5.74, 6) is 0.867. The number of para-hydroxylation sites is 1. The van der Waals surface area contributed by atoms with Gasteiger partial charge in [0.15, 0.2) is 11.5 Å². The van der Waals surface area contributed by atoms with Gasteiger partial charge in [0, 0.05) is 37.5 Å². The molecule has 1 atom stereocenters. The first-order valence-electron chi connectivity index (χ1n) is 11.6. The van der Waals surface area contributed by atoms with E-state index in [0.29, 0.717) is 35.6 Å². The number of amides is 1. The molecule has 5 rings (SSSR count). The molecule has 2 aliphatic rings. The van der Waals surface area contributed by atoms with Crippen molar-refractivity contribution in [2.45, 2.75) is 32.4 Å². The predicted molar refractivity (Wildman–Crippen MR) is 134 cm³/mol. The number of nitro benzene ring substituents is 1. The van der Waals surface area contributed by atoms with Gasteiger partial charge in [-0.05, 0) is 41.7 Å². The number of carbonyl (C=O) groups excluding carboxylic acids is 1. The minimum Gasteiger partial charge on any atom is -0.493 e. The number of aryl methyl sites for hydroxylation is 1. The van der Waals surface area contributed by atoms with Crippen LogP contribution in [0.2, 0.25) is 0 Å². The molecule has 180 valence electrons. The van der Waals surface area contributed by atoms with Crippen LogP contribution in [0.15, 0.2) is 54.6 Å². The molecule has 0 N–H and O–H groups in total. The number of hydrogen-bond donors (Lipinski definition) is 0. The van der Waals surface area contributed by atoms with Crippen molar-refractivity contribution >= 4 is 23.0 Å². The minimum atomic E-state index is -0.392. The maximum absolute atomic E-state index is 13.7. The average molecular weight is 474 g/mol. The van der Waals surface area contributed by atoms with Crippen molar-refractivity contribution in [1.29, 1.82) is 0 Å². The van der Waals surface area contributed by atoms with E-state index in [-0.39, 0.29) is 24.2 Å². The normalized spacial score (nSPS) is 16.3. The molecular weight excluding hydrogens is 446 g/mol. The van der Waals surface area contributed by atoms with Crippen molar-refractivity contribution in [2.24, 2.45) is 0 Å². The number of rotatable bonds is 6. The van der Waals surface area contributed by atoms with E-state index < -0.39 is 4.92 Å². The third-order valence-corrected chi connectivity index (χ3v) is 6.75. The molecule has 0 aromatic heterocycles. The van der Waals surface area contributed by atoms with Gasteiger partial charge < -0.3 is 19.3 Å². The van der Waals surface area contributed by atoms with Crippen molar-refractivity contribution in [3.8, 4) is 11.5 Å². The molecule has 3 aromatic rings. The van der Waals surface area contributed by atoms with E-state index in [4.69, 9.17) is 9.47 Å². The molecule has 35 heavy (non-hydrogen) atoms. The van der Waals surface area contributed by atoms with Crippen molar-refractivity contribution in [3.63, 3.8) is 0 Å². The van der Waals surface area contributed by atoms with E-state index in [2.05, 4.69) is 11.0 Å². The second-order valence-electron chi connectivity index (χ2n) is 8.97. The Hall–Kier alpha value is -4.07. The number of benzene rings is 3. The Balaban J connectivity index is 1.48. The Kier molecular flexibility index (Phi) is 5.80. The molecule has 0 fully saturated rings. The highest BCUT2D eigenvalue weighted by Crippen LogP contribution is 2.42. The van der Waals surface area contributed by atoms with Crippen LogP contribution in [0.4, 0.5) is 17.1 Å². The highest BCUT2D eigenvalue weighted by molar-refractivity contribution is 6.12. The van der Waals surface area contributed by atoms with Gasteiger partial charge in [0.25, 0.3) is 11.6 Å². The van der Waals surface area contributed by atoms with Crippen LogP contribution < -0.4 is 19.3 Å². The fourth-order valence-corrected chi connectivity index (χ4v) is 5.03. The number of nitrogens with zero attached hydrogens (tertiary/aromatic N) is 3. The van der Waals surface area contributed by atoms with Gasteiger partial charge in [-0.2, -0.15) is 0 Å². The van der Waals surface area contributed by atoms with Crippen molar-refractivity contribution in [2.75, 3.05) is 30.5 Å². The van der Waals surface area contributed by atoms with Crippen molar-refractivity contribution in [1.82, 2.24) is 0 Å². The number of nitro groups is 1. The van der Waals surface area contributed by atoms with Gasteiger partial charge in [0.1, 0.15) is 6.61 Å². The molecule has 0 unspecified atom stereocenters. The van der Waals surface area contributed by atoms with E-state index in [1.807, 2.05) is 49.2 Å². The molecule has 0 saturated carbocycles. The first-order chi connectivity index (χ1) is 16.9. The van der Waals surface area contributed by atoms with Crippen LogP contribution in [0, 0.1) is 10.1 Å². The molecule has 0 radical (unpaired) electrons. The van der Waals surface area contributed by atoms with E-state index in [1.165, 1.54) is 18.7 Å². The fraction of sp³-hybridized carbons (Fsp3) is 0.296. The van der Waals surface area contributed by atoms with Crippen LogP contribution >= 0.6 is 0 Å². The maximum Gasteiger partial charge on any atom is 0.270 e. The molecular formula is C27H27N3O5. The molecule has 2 heterocycles. The Labute approximate surface area is 203 Å². The lowest BCUT2D eigenvalue weighted by molar-refractivity contribution is -0.385. The molecule has 0 bridgehead atoms. The topological polar surface area (TPSA) is 85.2 Å². The number of likely N-dealkylation sites (N-methyl/N-ethyl adjacent to an activating group) is 1. The Morgan fingerprint density at radius 2 is 1.83 bits per heavy atom. The number of ether oxygens (including phenoxy) is 2. The number of carbonyl (C=O) groups is 1. The zero-order valence-corrected chi connectivity index (χ0v) is 20.0. The SMILES string of the molecule is CCc1cc(COc2cc3c(cc2OC)C(=O)N2c4ccccc4C[C@H]2CN3C)cc([N+](=O)[O-])c1. The zero-order chi connectivity index (χ0) is 24.7. The standard InChI is InChI=1S/C27H27N3O5/c1-4-17-9-18(11-20(10-17)30(32)33)16-35-26-14-24-22(13-25(26)34-3)27(31)29-21(15-28(24)2)12-19-7-5-6-8-23(19)29/h5-11,13-14,21H,4,12,15-16H2,1-3H3/t21-/m0/s1. The summed E-state index contributed by atoms with van der Waals surface area (Å²) in [6, 6.07) is 16.7. The first-order valence-corrected chi connectivity index (χ1v) is 11.6. The van der Waals surface area contributed by atoms with Gasteiger partial charge >= 0.3 is 0 Å². The number of non-ortho nitro benzene ring substituents is 1. The summed E-state index contributed by atoms with van der Waals surface area (Å²) in [7, 11) is 3.51. The second kappa shape index (κ2) is 8.94. The summed E-state index contributed by atoms with van der Waals surface area (Å²) in [5.41, 5.74) is 5.08. The van der Waals surface area contributed by atoms with Crippen molar-refractivity contribution in [3.05, 3.63) is 87.0 Å². The average Bonchev–Trinajstić information content (AvgIpc) is 3.19. The molecule has 3 aromatic carbocycles. The highest BCUT2D eigenvalue weighted by atomic mass is 16.6. The van der Waals surface area contributed by atoms with Crippen LogP contribution in [0.3, 0.4) is 0 Å². The second-order valence-corrected chi connectivity index (χ2v) is 8.97. The summed E-state index contributed by atoms with van der Waals surface area (Å²) >= 11 is 0. The van der Waals surface area contributed by atoms with Crippen LogP contribution in [-0.2, 0) is 19.4 Å². The molecule has 1 amide bonds. The maximum atomic E-state index is 13.7. The monoisotopic (exact) mass is 473 g/mol. The van der Waals surface area contributed by atoms with Crippen LogP contribution in [0.5, 0.6) is 11.5 Å². The van der Waals surface area contributed by atoms with Crippen LogP contribution in [-0.4, -0.2) is 37.6 Å². The number of hydrogen-bond acceptors (Lipinski definition) is 6. The summed E-state index contributed by atoms with van der Waals surface area (Å²) in [4.78, 5) is 28.6. The molecule has 0 saturated heterocycles. The van der Waals surface area contributed by atoms with Gasteiger partial charge in [0.05, 0.1) is 29.3 Å². The summed E-state index contributed by atoms with van der Waals surface area (Å²) in [6.07, 6.45) is 1.50. The Morgan fingerprint density at radius 3 is 2.57 bits per heavy atom. The zero-order valence-electron chi connectivity index (χ0n) is 20.0. The third kappa shape index (κ3) is 4.05. The lowest BCUT2D eigenvalue weighted by Crippen LogP contribution is -2.41. The minimum absolute atomic E-state index is 0.0445. The van der Waals surface area contributed by atoms with Crippen LogP contribution in [0.25, 0.3) is 0 Å². The highest BCUT2D eigenvalue weighted by Gasteiger charge is 2.39. The van der Waals surface area contributed by atoms with Gasteiger partial charge in [-0.25, -0.2) is 0 Å². The van der Waals surface area contributed by atoms with Gasteiger partial charge in [-0.15, -0.1) is 0 Å². The summed E-state index contributed by atoms with van der Waals surface area (Å²) in [6.45, 7) is 2.78. The Morgan fingerprint density at radius 1 is 1.06 bits per heavy atom. The molecule has 2 aliphatic heterocycles. The van der Waals surface area contributed by atoms with Crippen LogP contribution in [0.1, 0.15) is 34.0 Å². The third-order valence-electron chi connectivity index (χ3n) is 6.75. The molecule has 0 spiro atoms. The lowest BCUT2D eigenvalue weighted by atomic mass is 10.1. The quantitative estimate of drug-likeness (QED) is 0.379. The first kappa shape index (κ1) is 22.7. The summed E-state index contributed by atoms with van der Waals surface area (Å²) < 4.78 is 11.7. The van der Waals surface area contributed by atoms with Gasteiger partial charge in [0.2, 0.25) is 0 Å². The lowest BCUT2D eigenvalue weighted by Gasteiger charge is -2.25. The van der Waals surface area contributed by atoms with Gasteiger partial charge in [-0.1, -0.05) is 31.2 Å². The smallest absolute Gasteiger partial charge is 0.270 e. The van der Waals surface area contributed by atoms with E-state index in [9.17, 15) is 14.9 Å². The van der Waals surface area contributed by atoms with E-state index in [1.54, 1.807) is 12.1 Å². The summed E-state index contributed by atoms with van der Waals surface area (Å²) in [5, 5.41) is 11.3. The molecule has 8 nitrogen and oxygen atoms in total. The Bertz CT molecular complexity index is 1320. The van der Waals surface area contributed by atoms with Crippen molar-refractivity contribution < 1.29 is 19.2 Å². The fourth-order valence-electron chi connectivity index (χ4n) is 5.03. The predicted octanol–water partition coefficient (Wildman–Crippen LogP) is 4.77. The number of fused-ring (bicyclic) bond motifs is 4. The molecule has 8 heteroatoms. The number of anilines is 2. The molecule has 0 aliphatic carbocycles. The number of methoxy groups -OCH3 is 1. The largest absolute Gasteiger partial charge is 0.493 e. The van der Waals surface area contributed by atoms with E-state index >= 15 is 0 Å². The van der Waals surface area contributed by atoms with E-state index in [0.717, 1.165) is 23.4 Å². The van der Waals surface area contributed by atoms with Gasteiger partial charge in [-0.3, -0.25) is 14.9 Å².